The summed E-state index contributed by atoms with van der Waals surface area (Å²) in [5, 5.41) is 2.95. The monoisotopic (exact) mass is 265 g/mol. The number of rotatable bonds is 3. The van der Waals surface area contributed by atoms with Crippen molar-refractivity contribution in [3.63, 3.8) is 0 Å². The van der Waals surface area contributed by atoms with Gasteiger partial charge in [0.15, 0.2) is 0 Å². The third kappa shape index (κ3) is 2.97. The van der Waals surface area contributed by atoms with E-state index in [1.54, 1.807) is 0 Å². The van der Waals surface area contributed by atoms with Crippen LogP contribution >= 0.6 is 0 Å². The Balaban J connectivity index is 2.20. The molecule has 0 radical (unpaired) electrons. The van der Waals surface area contributed by atoms with Crippen molar-refractivity contribution >= 4 is 17.2 Å². The molecule has 0 heterocycles. The van der Waals surface area contributed by atoms with E-state index in [1.165, 1.54) is 5.56 Å². The third-order valence-corrected chi connectivity index (χ3v) is 3.49. The number of amides is 1. The van der Waals surface area contributed by atoms with Gasteiger partial charge in [0.05, 0.1) is 0 Å². The summed E-state index contributed by atoms with van der Waals surface area (Å²) in [6.45, 7) is 9.88. The normalized spacial score (nSPS) is 10.2. The van der Waals surface area contributed by atoms with Gasteiger partial charge in [-0.1, -0.05) is 36.4 Å². The predicted octanol–water partition coefficient (Wildman–Crippen LogP) is 4.59. The SMILES string of the molecule is C=C(C)c1ccc(C(=O)Nc2cccc(C)c2C)cc1. The molecule has 0 atom stereocenters. The smallest absolute Gasteiger partial charge is 0.255 e. The Kier molecular flexibility index (Phi) is 4.04. The van der Waals surface area contributed by atoms with Gasteiger partial charge in [-0.25, -0.2) is 0 Å². The summed E-state index contributed by atoms with van der Waals surface area (Å²) >= 11 is 0. The summed E-state index contributed by atoms with van der Waals surface area (Å²) < 4.78 is 0. The Bertz CT molecular complexity index is 654. The second kappa shape index (κ2) is 5.74. The van der Waals surface area contributed by atoms with Crippen LogP contribution < -0.4 is 5.32 Å². The first-order chi connectivity index (χ1) is 9.49. The Morgan fingerprint density at radius 1 is 1.00 bits per heavy atom. The summed E-state index contributed by atoms with van der Waals surface area (Å²) in [5.74, 6) is -0.0908. The molecule has 2 nitrogen and oxygen atoms in total. The number of anilines is 1. The number of allylic oxidation sites excluding steroid dienone is 1. The molecule has 0 saturated carbocycles. The summed E-state index contributed by atoms with van der Waals surface area (Å²) in [6.07, 6.45) is 0. The molecule has 0 aliphatic heterocycles. The lowest BCUT2D eigenvalue weighted by Gasteiger charge is -2.10. The molecule has 0 fully saturated rings. The highest BCUT2D eigenvalue weighted by molar-refractivity contribution is 6.04. The second-order valence-electron chi connectivity index (χ2n) is 5.06. The van der Waals surface area contributed by atoms with Gasteiger partial charge in [-0.05, 0) is 55.7 Å². The van der Waals surface area contributed by atoms with Gasteiger partial charge in [0, 0.05) is 11.3 Å². The zero-order valence-electron chi connectivity index (χ0n) is 12.2. The minimum Gasteiger partial charge on any atom is -0.322 e. The van der Waals surface area contributed by atoms with Gasteiger partial charge in [-0.15, -0.1) is 0 Å². The van der Waals surface area contributed by atoms with Crippen molar-refractivity contribution in [1.29, 1.82) is 0 Å². The molecule has 0 unspecified atom stereocenters. The van der Waals surface area contributed by atoms with Crippen molar-refractivity contribution in [2.75, 3.05) is 5.32 Å². The van der Waals surface area contributed by atoms with Gasteiger partial charge in [-0.2, -0.15) is 0 Å². The quantitative estimate of drug-likeness (QED) is 0.864. The van der Waals surface area contributed by atoms with Crippen LogP contribution in [0.4, 0.5) is 5.69 Å². The van der Waals surface area contributed by atoms with Crippen LogP contribution in [0.15, 0.2) is 49.0 Å². The van der Waals surface area contributed by atoms with Gasteiger partial charge in [0.2, 0.25) is 0 Å². The maximum Gasteiger partial charge on any atom is 0.255 e. The molecular formula is C18H19NO. The first kappa shape index (κ1) is 14.1. The van der Waals surface area contributed by atoms with Crippen LogP contribution in [0.5, 0.6) is 0 Å². The lowest BCUT2D eigenvalue weighted by atomic mass is 10.1. The van der Waals surface area contributed by atoms with Crippen LogP contribution in [-0.2, 0) is 0 Å². The standard InChI is InChI=1S/C18H19NO/c1-12(2)15-8-10-16(11-9-15)18(20)19-17-7-5-6-13(3)14(17)4/h5-11H,1H2,2-4H3,(H,19,20). The molecule has 0 aliphatic rings. The topological polar surface area (TPSA) is 29.1 Å². The van der Waals surface area contributed by atoms with Crippen molar-refractivity contribution in [1.82, 2.24) is 0 Å². The highest BCUT2D eigenvalue weighted by atomic mass is 16.1. The van der Waals surface area contributed by atoms with Crippen molar-refractivity contribution < 1.29 is 4.79 Å². The van der Waals surface area contributed by atoms with Crippen LogP contribution in [0.3, 0.4) is 0 Å². The lowest BCUT2D eigenvalue weighted by Crippen LogP contribution is -2.13. The zero-order valence-corrected chi connectivity index (χ0v) is 12.2. The number of benzene rings is 2. The second-order valence-corrected chi connectivity index (χ2v) is 5.06. The van der Waals surface area contributed by atoms with E-state index in [1.807, 2.05) is 63.2 Å². The zero-order chi connectivity index (χ0) is 14.7. The molecule has 102 valence electrons. The maximum absolute atomic E-state index is 12.2. The highest BCUT2D eigenvalue weighted by Crippen LogP contribution is 2.19. The van der Waals surface area contributed by atoms with Crippen molar-refractivity contribution in [3.8, 4) is 0 Å². The van der Waals surface area contributed by atoms with E-state index in [-0.39, 0.29) is 5.91 Å². The van der Waals surface area contributed by atoms with E-state index in [9.17, 15) is 4.79 Å². The minimum absolute atomic E-state index is 0.0908. The fraction of sp³-hybridized carbons (Fsp3) is 0.167. The third-order valence-electron chi connectivity index (χ3n) is 3.49. The van der Waals surface area contributed by atoms with E-state index in [2.05, 4.69) is 11.9 Å². The van der Waals surface area contributed by atoms with E-state index in [4.69, 9.17) is 0 Å². The van der Waals surface area contributed by atoms with E-state index in [0.29, 0.717) is 5.56 Å². The van der Waals surface area contributed by atoms with Crippen LogP contribution in [0.25, 0.3) is 5.57 Å². The average molecular weight is 265 g/mol. The van der Waals surface area contributed by atoms with Gasteiger partial charge >= 0.3 is 0 Å². The summed E-state index contributed by atoms with van der Waals surface area (Å²) in [7, 11) is 0. The fourth-order valence-corrected chi connectivity index (χ4v) is 1.99. The first-order valence-electron chi connectivity index (χ1n) is 6.62. The Hall–Kier alpha value is -2.35. The minimum atomic E-state index is -0.0908. The van der Waals surface area contributed by atoms with Crippen molar-refractivity contribution in [2.45, 2.75) is 20.8 Å². The average Bonchev–Trinajstić information content (AvgIpc) is 2.44. The molecule has 2 heteroatoms. The van der Waals surface area contributed by atoms with Crippen LogP contribution in [0.2, 0.25) is 0 Å². The number of carbonyl (C=O) groups excluding carboxylic acids is 1. The van der Waals surface area contributed by atoms with Crippen molar-refractivity contribution in [3.05, 3.63) is 71.3 Å². The van der Waals surface area contributed by atoms with Gasteiger partial charge < -0.3 is 5.32 Å². The van der Waals surface area contributed by atoms with E-state index < -0.39 is 0 Å². The molecule has 1 amide bonds. The molecule has 2 aromatic carbocycles. The summed E-state index contributed by atoms with van der Waals surface area (Å²) in [4.78, 5) is 12.2. The number of hydrogen-bond donors (Lipinski definition) is 1. The summed E-state index contributed by atoms with van der Waals surface area (Å²) in [5.41, 5.74) is 5.81. The highest BCUT2D eigenvalue weighted by Gasteiger charge is 2.08. The van der Waals surface area contributed by atoms with Crippen LogP contribution in [0.1, 0.15) is 34.0 Å². The number of carbonyl (C=O) groups is 1. The van der Waals surface area contributed by atoms with Crippen LogP contribution in [-0.4, -0.2) is 5.91 Å². The first-order valence-corrected chi connectivity index (χ1v) is 6.62. The molecule has 20 heavy (non-hydrogen) atoms. The largest absolute Gasteiger partial charge is 0.322 e. The maximum atomic E-state index is 12.2. The molecule has 0 aliphatic carbocycles. The van der Waals surface area contributed by atoms with Gasteiger partial charge in [-0.3, -0.25) is 4.79 Å². The van der Waals surface area contributed by atoms with E-state index >= 15 is 0 Å². The molecule has 0 spiro atoms. The lowest BCUT2D eigenvalue weighted by molar-refractivity contribution is 0.102. The summed E-state index contributed by atoms with van der Waals surface area (Å²) in [6, 6.07) is 13.4. The molecule has 0 saturated heterocycles. The predicted molar refractivity (Wildman–Crippen MR) is 85.0 cm³/mol. The number of aryl methyl sites for hydroxylation is 1. The molecule has 1 N–H and O–H groups in total. The van der Waals surface area contributed by atoms with Gasteiger partial charge in [0.25, 0.3) is 5.91 Å². The van der Waals surface area contributed by atoms with Crippen molar-refractivity contribution in [2.24, 2.45) is 0 Å². The molecule has 0 bridgehead atoms. The molecular weight excluding hydrogens is 246 g/mol. The Labute approximate surface area is 120 Å². The molecule has 2 aromatic rings. The van der Waals surface area contributed by atoms with Crippen LogP contribution in [0, 0.1) is 13.8 Å². The Morgan fingerprint density at radius 2 is 1.60 bits per heavy atom. The number of hydrogen-bond acceptors (Lipinski definition) is 1. The van der Waals surface area contributed by atoms with Gasteiger partial charge in [0.1, 0.15) is 0 Å². The number of nitrogens with one attached hydrogen (secondary N) is 1. The fourth-order valence-electron chi connectivity index (χ4n) is 1.99. The molecule has 2 rings (SSSR count). The van der Waals surface area contributed by atoms with E-state index in [0.717, 1.165) is 22.4 Å². The molecule has 0 aromatic heterocycles. The Morgan fingerprint density at radius 3 is 2.20 bits per heavy atom.